The lowest BCUT2D eigenvalue weighted by molar-refractivity contribution is 0.822. The molecule has 0 unspecified atom stereocenters. The Morgan fingerprint density at radius 3 is 2.68 bits per heavy atom. The van der Waals surface area contributed by atoms with Gasteiger partial charge in [0.1, 0.15) is 0 Å². The number of hydrogen-bond donors (Lipinski definition) is 1. The van der Waals surface area contributed by atoms with Crippen molar-refractivity contribution < 1.29 is 0 Å². The van der Waals surface area contributed by atoms with E-state index in [9.17, 15) is 0 Å². The van der Waals surface area contributed by atoms with E-state index in [1.54, 1.807) is 0 Å². The van der Waals surface area contributed by atoms with Crippen molar-refractivity contribution in [2.75, 3.05) is 0 Å². The Bertz CT molecular complexity index is 743. The van der Waals surface area contributed by atoms with E-state index in [1.165, 1.54) is 0 Å². The molecule has 3 aromatic rings. The van der Waals surface area contributed by atoms with Crippen molar-refractivity contribution in [1.82, 2.24) is 14.8 Å². The van der Waals surface area contributed by atoms with Crippen molar-refractivity contribution in [2.24, 2.45) is 5.73 Å². The molecule has 0 radical (unpaired) electrons. The summed E-state index contributed by atoms with van der Waals surface area (Å²) in [5.74, 6) is 0. The average Bonchev–Trinajstić information content (AvgIpc) is 2.76. The molecule has 0 fully saturated rings. The molecule has 0 spiro atoms. The number of para-hydroxylation sites is 1. The van der Waals surface area contributed by atoms with E-state index < -0.39 is 0 Å². The molecule has 19 heavy (non-hydrogen) atoms. The number of aromatic nitrogens is 3. The molecule has 0 bridgehead atoms. The van der Waals surface area contributed by atoms with Crippen LogP contribution in [-0.2, 0) is 6.54 Å². The minimum absolute atomic E-state index is 0.450. The van der Waals surface area contributed by atoms with E-state index in [0.29, 0.717) is 6.54 Å². The Labute approximate surface area is 111 Å². The van der Waals surface area contributed by atoms with Gasteiger partial charge in [0.05, 0.1) is 16.9 Å². The summed E-state index contributed by atoms with van der Waals surface area (Å²) < 4.78 is 1.96. The number of pyridine rings is 1. The number of rotatable bonds is 2. The normalized spacial score (nSPS) is 11.1. The van der Waals surface area contributed by atoms with Crippen LogP contribution in [0, 0.1) is 13.8 Å². The first-order chi connectivity index (χ1) is 9.20. The van der Waals surface area contributed by atoms with E-state index in [1.807, 2.05) is 36.0 Å². The lowest BCUT2D eigenvalue weighted by Crippen LogP contribution is -2.08. The SMILES string of the molecule is Cc1cc(C)n(-c2c(CN)cnc3ccccc23)n1. The summed E-state index contributed by atoms with van der Waals surface area (Å²) >= 11 is 0. The summed E-state index contributed by atoms with van der Waals surface area (Å²) in [7, 11) is 0. The number of benzene rings is 1. The fraction of sp³-hybridized carbons (Fsp3) is 0.200. The largest absolute Gasteiger partial charge is 0.326 e. The second kappa shape index (κ2) is 4.48. The van der Waals surface area contributed by atoms with Crippen LogP contribution in [0.2, 0.25) is 0 Å². The van der Waals surface area contributed by atoms with Crippen molar-refractivity contribution in [3.63, 3.8) is 0 Å². The van der Waals surface area contributed by atoms with Crippen molar-refractivity contribution in [2.45, 2.75) is 20.4 Å². The minimum Gasteiger partial charge on any atom is -0.326 e. The van der Waals surface area contributed by atoms with Crippen LogP contribution >= 0.6 is 0 Å². The molecule has 0 saturated carbocycles. The third-order valence-corrected chi connectivity index (χ3v) is 3.26. The van der Waals surface area contributed by atoms with Gasteiger partial charge in [0, 0.05) is 29.4 Å². The second-order valence-electron chi connectivity index (χ2n) is 4.69. The van der Waals surface area contributed by atoms with Crippen LogP contribution < -0.4 is 5.73 Å². The van der Waals surface area contributed by atoms with Crippen LogP contribution in [0.25, 0.3) is 16.6 Å². The Kier molecular flexibility index (Phi) is 2.80. The van der Waals surface area contributed by atoms with Crippen molar-refractivity contribution in [3.05, 3.63) is 53.5 Å². The summed E-state index contributed by atoms with van der Waals surface area (Å²) in [5, 5.41) is 5.65. The minimum atomic E-state index is 0.450. The molecule has 3 rings (SSSR count). The Hall–Kier alpha value is -2.20. The molecule has 0 aliphatic rings. The molecule has 0 aliphatic carbocycles. The van der Waals surface area contributed by atoms with Gasteiger partial charge in [0.25, 0.3) is 0 Å². The van der Waals surface area contributed by atoms with Crippen LogP contribution in [0.1, 0.15) is 17.0 Å². The standard InChI is InChI=1S/C15H16N4/c1-10-7-11(2)19(18-10)15-12(8-16)9-17-14-6-4-3-5-13(14)15/h3-7,9H,8,16H2,1-2H3. The first kappa shape index (κ1) is 11.9. The molecule has 0 saturated heterocycles. The summed E-state index contributed by atoms with van der Waals surface area (Å²) in [5.41, 5.74) is 11.0. The molecule has 2 heterocycles. The third kappa shape index (κ3) is 1.90. The average molecular weight is 252 g/mol. The van der Waals surface area contributed by atoms with Crippen LogP contribution in [0.5, 0.6) is 0 Å². The van der Waals surface area contributed by atoms with E-state index in [0.717, 1.165) is 33.5 Å². The van der Waals surface area contributed by atoms with Gasteiger partial charge in [-0.15, -0.1) is 0 Å². The molecule has 0 aliphatic heterocycles. The molecule has 2 aromatic heterocycles. The zero-order valence-electron chi connectivity index (χ0n) is 11.1. The van der Waals surface area contributed by atoms with E-state index in [-0.39, 0.29) is 0 Å². The highest BCUT2D eigenvalue weighted by atomic mass is 15.3. The molecule has 1 aromatic carbocycles. The fourth-order valence-electron chi connectivity index (χ4n) is 2.42. The Morgan fingerprint density at radius 2 is 2.00 bits per heavy atom. The second-order valence-corrected chi connectivity index (χ2v) is 4.69. The van der Waals surface area contributed by atoms with Crippen molar-refractivity contribution >= 4 is 10.9 Å². The van der Waals surface area contributed by atoms with Crippen LogP contribution in [-0.4, -0.2) is 14.8 Å². The van der Waals surface area contributed by atoms with Gasteiger partial charge < -0.3 is 5.73 Å². The predicted octanol–water partition coefficient (Wildman–Crippen LogP) is 2.50. The van der Waals surface area contributed by atoms with Gasteiger partial charge in [-0.25, -0.2) is 4.68 Å². The van der Waals surface area contributed by atoms with Crippen molar-refractivity contribution in [1.29, 1.82) is 0 Å². The van der Waals surface area contributed by atoms with Gasteiger partial charge in [-0.3, -0.25) is 4.98 Å². The first-order valence-electron chi connectivity index (χ1n) is 6.31. The summed E-state index contributed by atoms with van der Waals surface area (Å²) in [6.07, 6.45) is 1.84. The lowest BCUT2D eigenvalue weighted by Gasteiger charge is -2.12. The molecular formula is C15H16N4. The van der Waals surface area contributed by atoms with Crippen LogP contribution in [0.4, 0.5) is 0 Å². The number of fused-ring (bicyclic) bond motifs is 1. The summed E-state index contributed by atoms with van der Waals surface area (Å²) in [4.78, 5) is 4.45. The highest BCUT2D eigenvalue weighted by Crippen LogP contribution is 2.25. The maximum atomic E-state index is 5.85. The van der Waals surface area contributed by atoms with Gasteiger partial charge in [0.15, 0.2) is 0 Å². The zero-order chi connectivity index (χ0) is 13.4. The third-order valence-electron chi connectivity index (χ3n) is 3.26. The summed E-state index contributed by atoms with van der Waals surface area (Å²) in [6.45, 7) is 4.50. The van der Waals surface area contributed by atoms with E-state index in [2.05, 4.69) is 29.1 Å². The van der Waals surface area contributed by atoms with Gasteiger partial charge in [0.2, 0.25) is 0 Å². The first-order valence-corrected chi connectivity index (χ1v) is 6.31. The van der Waals surface area contributed by atoms with Gasteiger partial charge in [-0.1, -0.05) is 18.2 Å². The molecule has 0 atom stereocenters. The topological polar surface area (TPSA) is 56.7 Å². The smallest absolute Gasteiger partial charge is 0.0803 e. The summed E-state index contributed by atoms with van der Waals surface area (Å²) in [6, 6.07) is 10.1. The van der Waals surface area contributed by atoms with E-state index >= 15 is 0 Å². The number of nitrogens with two attached hydrogens (primary N) is 1. The Morgan fingerprint density at radius 1 is 1.21 bits per heavy atom. The predicted molar refractivity (Wildman–Crippen MR) is 76.2 cm³/mol. The molecule has 4 nitrogen and oxygen atoms in total. The number of aryl methyl sites for hydroxylation is 2. The fourth-order valence-corrected chi connectivity index (χ4v) is 2.42. The van der Waals surface area contributed by atoms with Gasteiger partial charge in [-0.05, 0) is 26.0 Å². The van der Waals surface area contributed by atoms with Crippen LogP contribution in [0.15, 0.2) is 36.5 Å². The highest BCUT2D eigenvalue weighted by Gasteiger charge is 2.12. The van der Waals surface area contributed by atoms with Gasteiger partial charge in [-0.2, -0.15) is 5.10 Å². The monoisotopic (exact) mass is 252 g/mol. The van der Waals surface area contributed by atoms with Crippen molar-refractivity contribution in [3.8, 4) is 5.69 Å². The molecule has 96 valence electrons. The van der Waals surface area contributed by atoms with Gasteiger partial charge >= 0.3 is 0 Å². The number of hydrogen-bond acceptors (Lipinski definition) is 3. The molecule has 0 amide bonds. The molecular weight excluding hydrogens is 236 g/mol. The Balaban J connectivity index is 2.40. The maximum absolute atomic E-state index is 5.85. The highest BCUT2D eigenvalue weighted by molar-refractivity contribution is 5.88. The number of nitrogens with zero attached hydrogens (tertiary/aromatic N) is 3. The quantitative estimate of drug-likeness (QED) is 0.762. The molecule has 4 heteroatoms. The molecule has 2 N–H and O–H groups in total. The lowest BCUT2D eigenvalue weighted by atomic mass is 10.1. The zero-order valence-corrected chi connectivity index (χ0v) is 11.1. The van der Waals surface area contributed by atoms with E-state index in [4.69, 9.17) is 5.73 Å². The van der Waals surface area contributed by atoms with Crippen LogP contribution in [0.3, 0.4) is 0 Å². The maximum Gasteiger partial charge on any atom is 0.0803 e.